The van der Waals surface area contributed by atoms with Crippen LogP contribution < -0.4 is 5.32 Å². The van der Waals surface area contributed by atoms with E-state index in [-0.39, 0.29) is 0 Å². The Hall–Kier alpha value is -0.820. The summed E-state index contributed by atoms with van der Waals surface area (Å²) in [5.74, 6) is 1.69. The van der Waals surface area contributed by atoms with E-state index in [9.17, 15) is 0 Å². The lowest BCUT2D eigenvalue weighted by Crippen LogP contribution is -2.35. The second-order valence-corrected chi connectivity index (χ2v) is 6.29. The minimum atomic E-state index is 0.541. The highest BCUT2D eigenvalue weighted by molar-refractivity contribution is 5.19. The molecule has 1 nitrogen and oxygen atoms in total. The van der Waals surface area contributed by atoms with Crippen molar-refractivity contribution in [3.8, 4) is 0 Å². The van der Waals surface area contributed by atoms with Crippen molar-refractivity contribution in [1.29, 1.82) is 0 Å². The first-order valence-corrected chi connectivity index (χ1v) is 8.03. The molecule has 19 heavy (non-hydrogen) atoms. The lowest BCUT2D eigenvalue weighted by Gasteiger charge is -2.27. The zero-order chi connectivity index (χ0) is 13.7. The van der Waals surface area contributed by atoms with E-state index >= 15 is 0 Å². The van der Waals surface area contributed by atoms with Gasteiger partial charge in [-0.05, 0) is 36.7 Å². The van der Waals surface area contributed by atoms with E-state index in [4.69, 9.17) is 0 Å². The van der Waals surface area contributed by atoms with Gasteiger partial charge in [0.1, 0.15) is 0 Å². The molecule has 1 aromatic rings. The maximum Gasteiger partial charge on any atom is 0.0322 e. The molecule has 0 amide bonds. The third kappa shape index (κ3) is 3.82. The maximum absolute atomic E-state index is 3.95. The van der Waals surface area contributed by atoms with Gasteiger partial charge in [-0.2, -0.15) is 0 Å². The highest BCUT2D eigenvalue weighted by Gasteiger charge is 2.31. The predicted octanol–water partition coefficient (Wildman–Crippen LogP) is 4.94. The standard InChI is InChI=1S/C18H29N/c1-4-5-11-18(16-9-7-6-8-10-16)19-17-13-12-14(2)15(17)3/h6-10,14-15,17-19H,4-5,11-13H2,1-3H3. The minimum Gasteiger partial charge on any atom is -0.307 e. The van der Waals surface area contributed by atoms with Crippen molar-refractivity contribution < 1.29 is 0 Å². The average Bonchev–Trinajstić information content (AvgIpc) is 2.76. The third-order valence-corrected chi connectivity index (χ3v) is 4.93. The quantitative estimate of drug-likeness (QED) is 0.763. The maximum atomic E-state index is 3.95. The van der Waals surface area contributed by atoms with E-state index < -0.39 is 0 Å². The molecule has 1 aromatic carbocycles. The SMILES string of the molecule is CCCCC(NC1CCC(C)C1C)c1ccccc1. The second kappa shape index (κ2) is 7.09. The molecule has 2 rings (SSSR count). The Balaban J connectivity index is 2.02. The summed E-state index contributed by atoms with van der Waals surface area (Å²) in [6.07, 6.45) is 6.58. The topological polar surface area (TPSA) is 12.0 Å². The Morgan fingerprint density at radius 2 is 1.89 bits per heavy atom. The first-order chi connectivity index (χ1) is 9.22. The van der Waals surface area contributed by atoms with E-state index in [1.54, 1.807) is 0 Å². The Morgan fingerprint density at radius 1 is 1.16 bits per heavy atom. The fourth-order valence-corrected chi connectivity index (χ4v) is 3.30. The highest BCUT2D eigenvalue weighted by Crippen LogP contribution is 2.33. The molecule has 0 saturated heterocycles. The van der Waals surface area contributed by atoms with Crippen molar-refractivity contribution >= 4 is 0 Å². The second-order valence-electron chi connectivity index (χ2n) is 6.29. The van der Waals surface area contributed by atoms with Crippen LogP contribution in [-0.2, 0) is 0 Å². The van der Waals surface area contributed by atoms with Crippen molar-refractivity contribution in [3.05, 3.63) is 35.9 Å². The van der Waals surface area contributed by atoms with Crippen LogP contribution in [0.25, 0.3) is 0 Å². The first-order valence-electron chi connectivity index (χ1n) is 8.03. The van der Waals surface area contributed by atoms with Crippen molar-refractivity contribution in [1.82, 2.24) is 5.32 Å². The minimum absolute atomic E-state index is 0.541. The summed E-state index contributed by atoms with van der Waals surface area (Å²) in [5.41, 5.74) is 1.46. The van der Waals surface area contributed by atoms with Gasteiger partial charge < -0.3 is 5.32 Å². The number of hydrogen-bond acceptors (Lipinski definition) is 1. The number of unbranched alkanes of at least 4 members (excludes halogenated alkanes) is 1. The smallest absolute Gasteiger partial charge is 0.0322 e. The highest BCUT2D eigenvalue weighted by atomic mass is 15.0. The molecule has 1 fully saturated rings. The van der Waals surface area contributed by atoms with Crippen molar-refractivity contribution in [2.75, 3.05) is 0 Å². The summed E-state index contributed by atoms with van der Waals surface area (Å²) in [6.45, 7) is 7.09. The molecular formula is C18H29N. The summed E-state index contributed by atoms with van der Waals surface area (Å²) in [6, 6.07) is 12.2. The number of rotatable bonds is 6. The van der Waals surface area contributed by atoms with Crippen LogP contribution in [-0.4, -0.2) is 6.04 Å². The van der Waals surface area contributed by atoms with E-state index in [2.05, 4.69) is 56.4 Å². The van der Waals surface area contributed by atoms with E-state index in [1.165, 1.54) is 37.7 Å². The Kier molecular flexibility index (Phi) is 5.45. The lowest BCUT2D eigenvalue weighted by molar-refractivity contribution is 0.328. The first kappa shape index (κ1) is 14.6. The molecule has 1 aliphatic rings. The molecule has 0 spiro atoms. The molecular weight excluding hydrogens is 230 g/mol. The summed E-state index contributed by atoms with van der Waals surface area (Å²) in [5, 5.41) is 3.95. The van der Waals surface area contributed by atoms with Gasteiger partial charge in [0.15, 0.2) is 0 Å². The largest absolute Gasteiger partial charge is 0.307 e. The normalized spacial score (nSPS) is 28.5. The lowest BCUT2D eigenvalue weighted by atomic mass is 9.95. The van der Waals surface area contributed by atoms with Crippen LogP contribution in [0.15, 0.2) is 30.3 Å². The summed E-state index contributed by atoms with van der Waals surface area (Å²) in [7, 11) is 0. The van der Waals surface area contributed by atoms with Gasteiger partial charge in [-0.3, -0.25) is 0 Å². The third-order valence-electron chi connectivity index (χ3n) is 4.93. The van der Waals surface area contributed by atoms with Crippen LogP contribution in [0.3, 0.4) is 0 Å². The monoisotopic (exact) mass is 259 g/mol. The molecule has 1 heteroatoms. The van der Waals surface area contributed by atoms with Crippen LogP contribution in [0.4, 0.5) is 0 Å². The van der Waals surface area contributed by atoms with Gasteiger partial charge >= 0.3 is 0 Å². The molecule has 0 aliphatic heterocycles. The van der Waals surface area contributed by atoms with E-state index in [1.807, 2.05) is 0 Å². The average molecular weight is 259 g/mol. The van der Waals surface area contributed by atoms with E-state index in [0.717, 1.165) is 11.8 Å². The van der Waals surface area contributed by atoms with Crippen LogP contribution >= 0.6 is 0 Å². The molecule has 0 radical (unpaired) electrons. The summed E-state index contributed by atoms with van der Waals surface area (Å²) in [4.78, 5) is 0. The van der Waals surface area contributed by atoms with Gasteiger partial charge in [-0.25, -0.2) is 0 Å². The molecule has 0 heterocycles. The van der Waals surface area contributed by atoms with Crippen LogP contribution in [0.1, 0.15) is 64.5 Å². The van der Waals surface area contributed by atoms with Gasteiger partial charge in [-0.15, -0.1) is 0 Å². The van der Waals surface area contributed by atoms with Crippen molar-refractivity contribution in [2.45, 2.75) is 65.0 Å². The Morgan fingerprint density at radius 3 is 2.47 bits per heavy atom. The summed E-state index contributed by atoms with van der Waals surface area (Å²) < 4.78 is 0. The number of hydrogen-bond donors (Lipinski definition) is 1. The fourth-order valence-electron chi connectivity index (χ4n) is 3.30. The zero-order valence-electron chi connectivity index (χ0n) is 12.7. The van der Waals surface area contributed by atoms with Crippen molar-refractivity contribution in [2.24, 2.45) is 11.8 Å². The zero-order valence-corrected chi connectivity index (χ0v) is 12.7. The van der Waals surface area contributed by atoms with Crippen molar-refractivity contribution in [3.63, 3.8) is 0 Å². The van der Waals surface area contributed by atoms with Crippen LogP contribution in [0.2, 0.25) is 0 Å². The number of nitrogens with one attached hydrogen (secondary N) is 1. The number of benzene rings is 1. The van der Waals surface area contributed by atoms with Gasteiger partial charge in [0.25, 0.3) is 0 Å². The van der Waals surface area contributed by atoms with E-state index in [0.29, 0.717) is 12.1 Å². The Bertz CT molecular complexity index is 359. The van der Waals surface area contributed by atoms with Gasteiger partial charge in [0.05, 0.1) is 0 Å². The molecule has 1 aliphatic carbocycles. The molecule has 106 valence electrons. The summed E-state index contributed by atoms with van der Waals surface area (Å²) >= 11 is 0. The van der Waals surface area contributed by atoms with Gasteiger partial charge in [0.2, 0.25) is 0 Å². The molecule has 1 N–H and O–H groups in total. The fraction of sp³-hybridized carbons (Fsp3) is 0.667. The van der Waals surface area contributed by atoms with Gasteiger partial charge in [0, 0.05) is 12.1 Å². The predicted molar refractivity (Wildman–Crippen MR) is 83.2 cm³/mol. The molecule has 0 aromatic heterocycles. The van der Waals surface area contributed by atoms with Gasteiger partial charge in [-0.1, -0.05) is 63.9 Å². The molecule has 4 atom stereocenters. The Labute approximate surface area is 118 Å². The van der Waals surface area contributed by atoms with Crippen LogP contribution in [0.5, 0.6) is 0 Å². The molecule has 1 saturated carbocycles. The molecule has 4 unspecified atom stereocenters. The molecule has 0 bridgehead atoms. The van der Waals surface area contributed by atoms with Crippen LogP contribution in [0, 0.1) is 11.8 Å².